The number of rotatable bonds is 4. The van der Waals surface area contributed by atoms with E-state index < -0.39 is 0 Å². The summed E-state index contributed by atoms with van der Waals surface area (Å²) in [4.78, 5) is 31.1. The summed E-state index contributed by atoms with van der Waals surface area (Å²) in [7, 11) is 0. The molecular weight excluding hydrogens is 278 g/mol. The zero-order chi connectivity index (χ0) is 15.5. The topological polar surface area (TPSA) is 69.0 Å². The van der Waals surface area contributed by atoms with Gasteiger partial charge in [0.1, 0.15) is 0 Å². The van der Waals surface area contributed by atoms with Crippen molar-refractivity contribution in [1.82, 2.24) is 14.9 Å². The van der Waals surface area contributed by atoms with Gasteiger partial charge in [-0.1, -0.05) is 30.3 Å². The van der Waals surface area contributed by atoms with Crippen LogP contribution in [0.4, 0.5) is 0 Å². The van der Waals surface area contributed by atoms with Crippen molar-refractivity contribution in [2.45, 2.75) is 13.5 Å². The standard InChI is InChI=1S/C17H17N3O2/c1-2-20(11-12-6-4-3-5-7-12)16(21)13-8-9-14-15(10-13)19-17(22)18-14/h3-10H,2,11H2,1H3,(H2,18,19,22). The summed E-state index contributed by atoms with van der Waals surface area (Å²) in [5.74, 6) is -0.0460. The normalized spacial score (nSPS) is 10.8. The van der Waals surface area contributed by atoms with Gasteiger partial charge in [0.05, 0.1) is 11.0 Å². The quantitative estimate of drug-likeness (QED) is 0.776. The summed E-state index contributed by atoms with van der Waals surface area (Å²) >= 11 is 0. The summed E-state index contributed by atoms with van der Waals surface area (Å²) in [5, 5.41) is 0. The average molecular weight is 295 g/mol. The molecule has 0 fully saturated rings. The van der Waals surface area contributed by atoms with Crippen LogP contribution < -0.4 is 5.69 Å². The Kier molecular flexibility index (Phi) is 3.78. The fraction of sp³-hybridized carbons (Fsp3) is 0.176. The molecule has 0 atom stereocenters. The molecule has 0 unspecified atom stereocenters. The molecule has 112 valence electrons. The third-order valence-electron chi connectivity index (χ3n) is 3.65. The van der Waals surface area contributed by atoms with Gasteiger partial charge < -0.3 is 14.9 Å². The molecule has 3 rings (SSSR count). The lowest BCUT2D eigenvalue weighted by molar-refractivity contribution is 0.0752. The molecule has 0 bridgehead atoms. The molecule has 0 radical (unpaired) electrons. The fourth-order valence-corrected chi connectivity index (χ4v) is 2.48. The van der Waals surface area contributed by atoms with Gasteiger partial charge >= 0.3 is 5.69 Å². The van der Waals surface area contributed by atoms with Crippen LogP contribution in [0.5, 0.6) is 0 Å². The van der Waals surface area contributed by atoms with E-state index in [9.17, 15) is 9.59 Å². The predicted molar refractivity (Wildman–Crippen MR) is 85.8 cm³/mol. The maximum atomic E-state index is 12.7. The number of nitrogens with one attached hydrogen (secondary N) is 2. The molecule has 0 saturated heterocycles. The Bertz CT molecular complexity index is 849. The monoisotopic (exact) mass is 295 g/mol. The van der Waals surface area contributed by atoms with Crippen LogP contribution in [0.3, 0.4) is 0 Å². The van der Waals surface area contributed by atoms with Crippen molar-refractivity contribution in [2.24, 2.45) is 0 Å². The van der Waals surface area contributed by atoms with E-state index in [-0.39, 0.29) is 11.6 Å². The minimum absolute atomic E-state index is 0.0460. The van der Waals surface area contributed by atoms with Crippen LogP contribution >= 0.6 is 0 Å². The van der Waals surface area contributed by atoms with Crippen LogP contribution in [0.2, 0.25) is 0 Å². The summed E-state index contributed by atoms with van der Waals surface area (Å²) in [6.07, 6.45) is 0. The summed E-state index contributed by atoms with van der Waals surface area (Å²) in [6, 6.07) is 15.1. The molecule has 0 spiro atoms. The number of carbonyl (C=O) groups excluding carboxylic acids is 1. The van der Waals surface area contributed by atoms with Gasteiger partial charge in [-0.2, -0.15) is 0 Å². The Balaban J connectivity index is 1.87. The lowest BCUT2D eigenvalue weighted by atomic mass is 10.1. The molecule has 0 saturated carbocycles. The molecule has 5 heteroatoms. The second-order valence-electron chi connectivity index (χ2n) is 5.14. The number of carbonyl (C=O) groups is 1. The molecule has 0 aliphatic rings. The SMILES string of the molecule is CCN(Cc1ccccc1)C(=O)c1ccc2[nH]c(=O)[nH]c2c1. The van der Waals surface area contributed by atoms with Crippen LogP contribution in [-0.4, -0.2) is 27.3 Å². The van der Waals surface area contributed by atoms with Crippen molar-refractivity contribution in [3.63, 3.8) is 0 Å². The maximum Gasteiger partial charge on any atom is 0.323 e. The van der Waals surface area contributed by atoms with Gasteiger partial charge in [0.15, 0.2) is 0 Å². The highest BCUT2D eigenvalue weighted by molar-refractivity contribution is 5.97. The molecule has 1 heterocycles. The Morgan fingerprint density at radius 2 is 1.77 bits per heavy atom. The van der Waals surface area contributed by atoms with E-state index in [1.807, 2.05) is 37.3 Å². The molecule has 3 aromatic rings. The van der Waals surface area contributed by atoms with E-state index in [0.29, 0.717) is 29.7 Å². The lowest BCUT2D eigenvalue weighted by Gasteiger charge is -2.21. The Morgan fingerprint density at radius 1 is 1.05 bits per heavy atom. The van der Waals surface area contributed by atoms with E-state index in [2.05, 4.69) is 9.97 Å². The van der Waals surface area contributed by atoms with Gasteiger partial charge in [-0.3, -0.25) is 4.79 Å². The Morgan fingerprint density at radius 3 is 2.50 bits per heavy atom. The number of H-pyrrole nitrogens is 2. The third kappa shape index (κ3) is 2.79. The largest absolute Gasteiger partial charge is 0.335 e. The predicted octanol–water partition coefficient (Wildman–Crippen LogP) is 2.52. The molecule has 2 N–H and O–H groups in total. The van der Waals surface area contributed by atoms with E-state index in [1.54, 1.807) is 23.1 Å². The third-order valence-corrected chi connectivity index (χ3v) is 3.65. The summed E-state index contributed by atoms with van der Waals surface area (Å²) < 4.78 is 0. The van der Waals surface area contributed by atoms with Gasteiger partial charge in [0, 0.05) is 18.7 Å². The van der Waals surface area contributed by atoms with Crippen molar-refractivity contribution in [3.05, 3.63) is 70.1 Å². The highest BCUT2D eigenvalue weighted by Crippen LogP contribution is 2.14. The van der Waals surface area contributed by atoms with Gasteiger partial charge in [0.2, 0.25) is 0 Å². The van der Waals surface area contributed by atoms with Crippen molar-refractivity contribution in [2.75, 3.05) is 6.54 Å². The van der Waals surface area contributed by atoms with Crippen molar-refractivity contribution in [3.8, 4) is 0 Å². The molecule has 5 nitrogen and oxygen atoms in total. The molecular formula is C17H17N3O2. The van der Waals surface area contributed by atoms with Crippen LogP contribution in [0.25, 0.3) is 11.0 Å². The first-order chi connectivity index (χ1) is 10.7. The maximum absolute atomic E-state index is 12.7. The fourth-order valence-electron chi connectivity index (χ4n) is 2.48. The number of aromatic amines is 2. The zero-order valence-corrected chi connectivity index (χ0v) is 12.3. The van der Waals surface area contributed by atoms with E-state index in [1.165, 1.54) is 0 Å². The Labute approximate surface area is 127 Å². The number of amides is 1. The Hall–Kier alpha value is -2.82. The van der Waals surface area contributed by atoms with E-state index in [0.717, 1.165) is 5.56 Å². The van der Waals surface area contributed by atoms with Crippen LogP contribution in [0, 0.1) is 0 Å². The highest BCUT2D eigenvalue weighted by atomic mass is 16.2. The first kappa shape index (κ1) is 14.1. The lowest BCUT2D eigenvalue weighted by Crippen LogP contribution is -2.30. The van der Waals surface area contributed by atoms with Crippen LogP contribution in [-0.2, 0) is 6.54 Å². The van der Waals surface area contributed by atoms with E-state index >= 15 is 0 Å². The number of fused-ring (bicyclic) bond motifs is 1. The average Bonchev–Trinajstić information content (AvgIpc) is 2.92. The van der Waals surface area contributed by atoms with Gasteiger partial charge in [-0.15, -0.1) is 0 Å². The molecule has 1 aromatic heterocycles. The minimum Gasteiger partial charge on any atom is -0.335 e. The number of benzene rings is 2. The number of nitrogens with zero attached hydrogens (tertiary/aromatic N) is 1. The van der Waals surface area contributed by atoms with E-state index in [4.69, 9.17) is 0 Å². The van der Waals surface area contributed by atoms with Crippen molar-refractivity contribution < 1.29 is 4.79 Å². The van der Waals surface area contributed by atoms with Crippen molar-refractivity contribution >= 4 is 16.9 Å². The van der Waals surface area contributed by atoms with Crippen molar-refractivity contribution in [1.29, 1.82) is 0 Å². The number of aromatic nitrogens is 2. The molecule has 22 heavy (non-hydrogen) atoms. The first-order valence-corrected chi connectivity index (χ1v) is 7.22. The number of hydrogen-bond donors (Lipinski definition) is 2. The van der Waals surface area contributed by atoms with Gasteiger partial charge in [-0.25, -0.2) is 4.79 Å². The second-order valence-corrected chi connectivity index (χ2v) is 5.14. The zero-order valence-electron chi connectivity index (χ0n) is 12.3. The second kappa shape index (κ2) is 5.89. The molecule has 0 aliphatic heterocycles. The van der Waals surface area contributed by atoms with Crippen LogP contribution in [0.15, 0.2) is 53.3 Å². The minimum atomic E-state index is -0.267. The molecule has 0 aliphatic carbocycles. The highest BCUT2D eigenvalue weighted by Gasteiger charge is 2.15. The van der Waals surface area contributed by atoms with Crippen LogP contribution in [0.1, 0.15) is 22.8 Å². The number of hydrogen-bond acceptors (Lipinski definition) is 2. The summed E-state index contributed by atoms with van der Waals surface area (Å²) in [6.45, 7) is 3.14. The molecule has 2 aromatic carbocycles. The molecule has 1 amide bonds. The first-order valence-electron chi connectivity index (χ1n) is 7.22. The van der Waals surface area contributed by atoms with Gasteiger partial charge in [-0.05, 0) is 30.7 Å². The summed E-state index contributed by atoms with van der Waals surface area (Å²) in [5.41, 5.74) is 2.74. The number of imidazole rings is 1. The van der Waals surface area contributed by atoms with Gasteiger partial charge in [0.25, 0.3) is 5.91 Å². The smallest absolute Gasteiger partial charge is 0.323 e.